The van der Waals surface area contributed by atoms with Crippen molar-refractivity contribution in [2.24, 2.45) is 0 Å². The number of carboxylic acids is 1. The smallest absolute Gasteiger partial charge is 0.411 e. The molecular formula is C33H29NO6. The minimum Gasteiger partial charge on any atom is -0.491 e. The molecule has 2 N–H and O–H groups in total. The van der Waals surface area contributed by atoms with Crippen LogP contribution < -0.4 is 14.8 Å². The number of unbranched alkanes of at least 4 members (excludes halogenated alkanes) is 1. The van der Waals surface area contributed by atoms with Crippen LogP contribution in [-0.4, -0.2) is 30.4 Å². The number of aliphatic carboxylic acids is 1. The summed E-state index contributed by atoms with van der Waals surface area (Å²) in [5.41, 5.74) is 6.92. The Labute approximate surface area is 232 Å². The van der Waals surface area contributed by atoms with E-state index in [4.69, 9.17) is 19.3 Å². The molecule has 1 heterocycles. The van der Waals surface area contributed by atoms with Crippen molar-refractivity contribution >= 4 is 17.7 Å². The highest BCUT2D eigenvalue weighted by atomic mass is 16.5. The summed E-state index contributed by atoms with van der Waals surface area (Å²) in [7, 11) is 0. The summed E-state index contributed by atoms with van der Waals surface area (Å²) in [6.45, 7) is 0.516. The van der Waals surface area contributed by atoms with Crippen molar-refractivity contribution < 1.29 is 28.9 Å². The number of para-hydroxylation sites is 1. The predicted octanol–water partition coefficient (Wildman–Crippen LogP) is 7.38. The topological polar surface area (TPSA) is 94.1 Å². The number of nitrogens with one attached hydrogen (secondary N) is 1. The first-order chi connectivity index (χ1) is 19.6. The van der Waals surface area contributed by atoms with Crippen molar-refractivity contribution in [1.29, 1.82) is 0 Å². The van der Waals surface area contributed by atoms with Crippen molar-refractivity contribution in [1.82, 2.24) is 0 Å². The average Bonchev–Trinajstić information content (AvgIpc) is 3.29. The van der Waals surface area contributed by atoms with E-state index in [0.717, 1.165) is 28.0 Å². The number of amides is 1. The molecule has 0 saturated carbocycles. The fourth-order valence-electron chi connectivity index (χ4n) is 5.49. The first-order valence-electron chi connectivity index (χ1n) is 13.5. The molecule has 0 unspecified atom stereocenters. The fraction of sp³-hybridized carbons (Fsp3) is 0.212. The van der Waals surface area contributed by atoms with Gasteiger partial charge in [0.1, 0.15) is 23.9 Å². The molecule has 202 valence electrons. The van der Waals surface area contributed by atoms with E-state index in [1.54, 1.807) is 6.07 Å². The van der Waals surface area contributed by atoms with Gasteiger partial charge in [-0.15, -0.1) is 0 Å². The maximum absolute atomic E-state index is 13.2. The molecule has 1 amide bonds. The van der Waals surface area contributed by atoms with E-state index in [1.807, 2.05) is 54.6 Å². The van der Waals surface area contributed by atoms with Gasteiger partial charge in [-0.25, -0.2) is 4.79 Å². The molecular weight excluding hydrogens is 506 g/mol. The summed E-state index contributed by atoms with van der Waals surface area (Å²) in [6.07, 6.45) is 1.15. The Morgan fingerprint density at radius 2 is 1.55 bits per heavy atom. The van der Waals surface area contributed by atoms with Crippen molar-refractivity contribution in [3.8, 4) is 28.4 Å². The van der Waals surface area contributed by atoms with E-state index < -0.39 is 12.1 Å². The van der Waals surface area contributed by atoms with E-state index >= 15 is 0 Å². The van der Waals surface area contributed by atoms with E-state index in [9.17, 15) is 9.59 Å². The molecule has 7 nitrogen and oxygen atoms in total. The SMILES string of the molecule is O=C(O)CCCCOc1ccc2c(c1NC(=O)OCC1c3ccccc3-c3ccccc31)Cc1ccccc1O2. The number of hydrogen-bond acceptors (Lipinski definition) is 5. The number of carbonyl (C=O) groups is 2. The average molecular weight is 536 g/mol. The largest absolute Gasteiger partial charge is 0.491 e. The van der Waals surface area contributed by atoms with E-state index in [-0.39, 0.29) is 18.9 Å². The van der Waals surface area contributed by atoms with Gasteiger partial charge in [-0.05, 0) is 58.9 Å². The number of fused-ring (bicyclic) bond motifs is 5. The van der Waals surface area contributed by atoms with Crippen LogP contribution in [0.1, 0.15) is 47.4 Å². The highest BCUT2D eigenvalue weighted by molar-refractivity contribution is 5.89. The first-order valence-corrected chi connectivity index (χ1v) is 13.5. The lowest BCUT2D eigenvalue weighted by atomic mass is 9.98. The summed E-state index contributed by atoms with van der Waals surface area (Å²) in [5, 5.41) is 11.8. The second-order valence-electron chi connectivity index (χ2n) is 9.95. The van der Waals surface area contributed by atoms with E-state index in [1.165, 1.54) is 11.1 Å². The zero-order chi connectivity index (χ0) is 27.5. The molecule has 0 atom stereocenters. The quantitative estimate of drug-likeness (QED) is 0.191. The molecule has 7 heteroatoms. The number of anilines is 1. The van der Waals surface area contributed by atoms with Crippen molar-refractivity contribution in [3.05, 3.63) is 107 Å². The number of rotatable bonds is 9. The summed E-state index contributed by atoms with van der Waals surface area (Å²) >= 11 is 0. The lowest BCUT2D eigenvalue weighted by Crippen LogP contribution is -2.20. The Kier molecular flexibility index (Phi) is 7.10. The van der Waals surface area contributed by atoms with Gasteiger partial charge in [-0.2, -0.15) is 0 Å². The number of carboxylic acid groups (broad SMARTS) is 1. The van der Waals surface area contributed by atoms with Crippen LogP contribution >= 0.6 is 0 Å². The van der Waals surface area contributed by atoms with Gasteiger partial charge < -0.3 is 19.3 Å². The number of carbonyl (C=O) groups excluding carboxylic acids is 1. The predicted molar refractivity (Wildman–Crippen MR) is 151 cm³/mol. The molecule has 0 radical (unpaired) electrons. The normalized spacial score (nSPS) is 12.8. The lowest BCUT2D eigenvalue weighted by Gasteiger charge is -2.24. The Hall–Kier alpha value is -4.78. The second kappa shape index (κ2) is 11.1. The number of ether oxygens (including phenoxy) is 3. The van der Waals surface area contributed by atoms with E-state index in [2.05, 4.69) is 29.6 Å². The molecule has 2 aliphatic rings. The first kappa shape index (κ1) is 25.5. The van der Waals surface area contributed by atoms with Gasteiger partial charge in [0, 0.05) is 24.3 Å². The third-order valence-electron chi connectivity index (χ3n) is 7.40. The molecule has 1 aliphatic carbocycles. The third-order valence-corrected chi connectivity index (χ3v) is 7.40. The second-order valence-corrected chi connectivity index (χ2v) is 9.95. The Balaban J connectivity index is 1.21. The van der Waals surface area contributed by atoms with Crippen molar-refractivity contribution in [3.63, 3.8) is 0 Å². The molecule has 40 heavy (non-hydrogen) atoms. The molecule has 0 aromatic heterocycles. The molecule has 0 fully saturated rings. The summed E-state index contributed by atoms with van der Waals surface area (Å²) < 4.78 is 18.0. The van der Waals surface area contributed by atoms with Gasteiger partial charge in [0.2, 0.25) is 0 Å². The maximum Gasteiger partial charge on any atom is 0.411 e. The summed E-state index contributed by atoms with van der Waals surface area (Å²) in [6, 6.07) is 27.8. The molecule has 4 aromatic rings. The molecule has 0 bridgehead atoms. The summed E-state index contributed by atoms with van der Waals surface area (Å²) in [4.78, 5) is 24.1. The zero-order valence-corrected chi connectivity index (χ0v) is 21.9. The maximum atomic E-state index is 13.2. The van der Waals surface area contributed by atoms with E-state index in [0.29, 0.717) is 43.1 Å². The Morgan fingerprint density at radius 1 is 0.850 bits per heavy atom. The Morgan fingerprint density at radius 3 is 2.30 bits per heavy atom. The number of benzene rings is 4. The van der Waals surface area contributed by atoms with Gasteiger partial charge in [-0.3, -0.25) is 10.1 Å². The fourth-order valence-corrected chi connectivity index (χ4v) is 5.49. The van der Waals surface area contributed by atoms with Crippen LogP contribution in [0.4, 0.5) is 10.5 Å². The van der Waals surface area contributed by atoms with Crippen LogP contribution in [0.2, 0.25) is 0 Å². The third kappa shape index (κ3) is 5.10. The highest BCUT2D eigenvalue weighted by Gasteiger charge is 2.30. The van der Waals surface area contributed by atoms with Gasteiger partial charge in [-0.1, -0.05) is 66.7 Å². The van der Waals surface area contributed by atoms with Crippen LogP contribution in [0.15, 0.2) is 84.9 Å². The van der Waals surface area contributed by atoms with Gasteiger partial charge >= 0.3 is 12.1 Å². The van der Waals surface area contributed by atoms with Crippen LogP contribution in [-0.2, 0) is 16.0 Å². The van der Waals surface area contributed by atoms with Crippen molar-refractivity contribution in [2.75, 3.05) is 18.5 Å². The Bertz CT molecular complexity index is 1530. The number of hydrogen-bond donors (Lipinski definition) is 2. The molecule has 6 rings (SSSR count). The standard InChI is InChI=1S/C33H29NO6/c35-31(36)15-7-8-18-38-30-17-16-29-26(19-21-9-1-6-14-28(21)40-29)32(30)34-33(37)39-20-27-24-12-4-2-10-22(24)23-11-3-5-13-25(23)27/h1-6,9-14,16-17,27H,7-8,15,18-20H2,(H,34,37)(H,35,36). The summed E-state index contributed by atoms with van der Waals surface area (Å²) in [5.74, 6) is 1.03. The lowest BCUT2D eigenvalue weighted by molar-refractivity contribution is -0.137. The van der Waals surface area contributed by atoms with Crippen LogP contribution in [0.5, 0.6) is 17.2 Å². The monoisotopic (exact) mass is 535 g/mol. The van der Waals surface area contributed by atoms with Crippen LogP contribution in [0, 0.1) is 0 Å². The molecule has 4 aromatic carbocycles. The molecule has 0 spiro atoms. The minimum absolute atomic E-state index is 0.0528. The van der Waals surface area contributed by atoms with Crippen LogP contribution in [0.25, 0.3) is 11.1 Å². The minimum atomic E-state index is -0.831. The zero-order valence-electron chi connectivity index (χ0n) is 21.9. The van der Waals surface area contributed by atoms with Crippen LogP contribution in [0.3, 0.4) is 0 Å². The van der Waals surface area contributed by atoms with Gasteiger partial charge in [0.25, 0.3) is 0 Å². The van der Waals surface area contributed by atoms with Gasteiger partial charge in [0.05, 0.1) is 12.3 Å². The molecule has 0 saturated heterocycles. The highest BCUT2D eigenvalue weighted by Crippen LogP contribution is 2.46. The molecule has 1 aliphatic heterocycles. The van der Waals surface area contributed by atoms with Gasteiger partial charge in [0.15, 0.2) is 0 Å². The van der Waals surface area contributed by atoms with Crippen molar-refractivity contribution in [2.45, 2.75) is 31.6 Å².